The zero-order chi connectivity index (χ0) is 20.1. The van der Waals surface area contributed by atoms with Crippen molar-refractivity contribution in [2.45, 2.75) is 20.4 Å². The Labute approximate surface area is 165 Å². The predicted molar refractivity (Wildman–Crippen MR) is 109 cm³/mol. The fourth-order valence-electron chi connectivity index (χ4n) is 3.18. The maximum Gasteiger partial charge on any atom is 0.258 e. The number of aryl methyl sites for hydroxylation is 1. The van der Waals surface area contributed by atoms with Gasteiger partial charge in [-0.2, -0.15) is 0 Å². The van der Waals surface area contributed by atoms with Crippen molar-refractivity contribution in [1.82, 2.24) is 9.88 Å². The summed E-state index contributed by atoms with van der Waals surface area (Å²) in [6.45, 7) is 4.76. The molecule has 144 valence electrons. The van der Waals surface area contributed by atoms with Gasteiger partial charge in [0, 0.05) is 25.5 Å². The number of hydrogen-bond donors (Lipinski definition) is 1. The lowest BCUT2D eigenvalue weighted by atomic mass is 10.0. The molecule has 0 atom stereocenters. The van der Waals surface area contributed by atoms with E-state index in [0.717, 1.165) is 22.3 Å². The maximum absolute atomic E-state index is 13.1. The SMILES string of the molecule is CCN(Cc1cccc(-c2ccncc2)c1)C(=O)c1cc(C)cc(OC)c1O. The first-order chi connectivity index (χ1) is 13.5. The molecular weight excluding hydrogens is 352 g/mol. The molecule has 1 heterocycles. The van der Waals surface area contributed by atoms with Gasteiger partial charge in [0.25, 0.3) is 5.91 Å². The van der Waals surface area contributed by atoms with Crippen molar-refractivity contribution in [3.63, 3.8) is 0 Å². The molecule has 0 radical (unpaired) electrons. The second-order valence-corrected chi connectivity index (χ2v) is 6.62. The third-order valence-corrected chi connectivity index (χ3v) is 4.65. The van der Waals surface area contributed by atoms with Crippen molar-refractivity contribution in [2.24, 2.45) is 0 Å². The number of hydrogen-bond acceptors (Lipinski definition) is 4. The van der Waals surface area contributed by atoms with Crippen LogP contribution in [0.15, 0.2) is 60.9 Å². The molecule has 0 bridgehead atoms. The molecule has 2 aromatic carbocycles. The van der Waals surface area contributed by atoms with Crippen molar-refractivity contribution >= 4 is 5.91 Å². The monoisotopic (exact) mass is 376 g/mol. The molecule has 0 aliphatic heterocycles. The van der Waals surface area contributed by atoms with E-state index in [2.05, 4.69) is 11.1 Å². The summed E-state index contributed by atoms with van der Waals surface area (Å²) in [5.41, 5.74) is 4.28. The largest absolute Gasteiger partial charge is 0.504 e. The Kier molecular flexibility index (Phi) is 5.94. The lowest BCUT2D eigenvalue weighted by Crippen LogP contribution is -2.30. The third-order valence-electron chi connectivity index (χ3n) is 4.65. The topological polar surface area (TPSA) is 62.7 Å². The van der Waals surface area contributed by atoms with E-state index < -0.39 is 0 Å². The van der Waals surface area contributed by atoms with E-state index in [-0.39, 0.29) is 17.2 Å². The minimum Gasteiger partial charge on any atom is -0.504 e. The summed E-state index contributed by atoms with van der Waals surface area (Å²) in [7, 11) is 1.48. The van der Waals surface area contributed by atoms with Gasteiger partial charge in [-0.3, -0.25) is 9.78 Å². The lowest BCUT2D eigenvalue weighted by Gasteiger charge is -2.22. The van der Waals surface area contributed by atoms with Gasteiger partial charge in [-0.25, -0.2) is 0 Å². The van der Waals surface area contributed by atoms with Gasteiger partial charge in [0.05, 0.1) is 12.7 Å². The molecule has 0 fully saturated rings. The Morgan fingerprint density at radius 3 is 2.54 bits per heavy atom. The molecule has 5 nitrogen and oxygen atoms in total. The van der Waals surface area contributed by atoms with E-state index in [4.69, 9.17) is 4.74 Å². The van der Waals surface area contributed by atoms with Gasteiger partial charge in [0.2, 0.25) is 0 Å². The van der Waals surface area contributed by atoms with Crippen LogP contribution in [0.5, 0.6) is 11.5 Å². The Morgan fingerprint density at radius 2 is 1.86 bits per heavy atom. The van der Waals surface area contributed by atoms with Gasteiger partial charge in [-0.05, 0) is 66.4 Å². The first-order valence-corrected chi connectivity index (χ1v) is 9.19. The van der Waals surface area contributed by atoms with Crippen LogP contribution in [0.2, 0.25) is 0 Å². The average Bonchev–Trinajstić information content (AvgIpc) is 2.73. The first kappa shape index (κ1) is 19.4. The highest BCUT2D eigenvalue weighted by molar-refractivity contribution is 5.98. The zero-order valence-electron chi connectivity index (χ0n) is 16.3. The normalized spacial score (nSPS) is 10.5. The average molecular weight is 376 g/mol. The summed E-state index contributed by atoms with van der Waals surface area (Å²) in [5.74, 6) is -0.0440. The number of aromatic nitrogens is 1. The smallest absolute Gasteiger partial charge is 0.258 e. The minimum absolute atomic E-state index is 0.123. The fraction of sp³-hybridized carbons (Fsp3) is 0.217. The molecule has 0 aliphatic rings. The molecule has 3 rings (SSSR count). The first-order valence-electron chi connectivity index (χ1n) is 9.19. The quantitative estimate of drug-likeness (QED) is 0.691. The summed E-state index contributed by atoms with van der Waals surface area (Å²) in [6.07, 6.45) is 3.52. The third kappa shape index (κ3) is 4.14. The van der Waals surface area contributed by atoms with Crippen molar-refractivity contribution in [3.8, 4) is 22.6 Å². The number of carbonyl (C=O) groups excluding carboxylic acids is 1. The predicted octanol–water partition coefficient (Wildman–Crippen LogP) is 4.43. The number of phenols is 1. The summed E-state index contributed by atoms with van der Waals surface area (Å²) in [4.78, 5) is 18.8. The van der Waals surface area contributed by atoms with Crippen LogP contribution in [0.1, 0.15) is 28.4 Å². The van der Waals surface area contributed by atoms with Crippen molar-refractivity contribution < 1.29 is 14.6 Å². The van der Waals surface area contributed by atoms with Gasteiger partial charge >= 0.3 is 0 Å². The molecule has 0 saturated carbocycles. The van der Waals surface area contributed by atoms with Crippen LogP contribution in [-0.4, -0.2) is 34.6 Å². The highest BCUT2D eigenvalue weighted by atomic mass is 16.5. The fourth-order valence-corrected chi connectivity index (χ4v) is 3.18. The molecular formula is C23H24N2O3. The second-order valence-electron chi connectivity index (χ2n) is 6.62. The van der Waals surface area contributed by atoms with Crippen LogP contribution < -0.4 is 4.74 Å². The van der Waals surface area contributed by atoms with Gasteiger partial charge in [-0.15, -0.1) is 0 Å². The van der Waals surface area contributed by atoms with Crippen molar-refractivity contribution in [3.05, 3.63) is 77.6 Å². The number of phenolic OH excluding ortho intramolecular Hbond substituents is 1. The zero-order valence-corrected chi connectivity index (χ0v) is 16.3. The number of nitrogens with zero attached hydrogens (tertiary/aromatic N) is 2. The number of pyridine rings is 1. The maximum atomic E-state index is 13.1. The number of benzene rings is 2. The summed E-state index contributed by atoms with van der Waals surface area (Å²) in [5, 5.41) is 10.4. The molecule has 0 spiro atoms. The van der Waals surface area contributed by atoms with Gasteiger partial charge in [0.15, 0.2) is 11.5 Å². The molecule has 0 aliphatic carbocycles. The van der Waals surface area contributed by atoms with Gasteiger partial charge < -0.3 is 14.7 Å². The second kappa shape index (κ2) is 8.57. The van der Waals surface area contributed by atoms with Crippen LogP contribution in [0.4, 0.5) is 0 Å². The molecule has 0 unspecified atom stereocenters. The lowest BCUT2D eigenvalue weighted by molar-refractivity contribution is 0.0748. The standard InChI is InChI=1S/C23H24N2O3/c1-4-25(23(27)20-12-16(2)13-21(28-3)22(20)26)15-17-6-5-7-19(14-17)18-8-10-24-11-9-18/h5-14,26H,4,15H2,1-3H3. The summed E-state index contributed by atoms with van der Waals surface area (Å²) >= 11 is 0. The van der Waals surface area contributed by atoms with Crippen LogP contribution in [-0.2, 0) is 6.54 Å². The Morgan fingerprint density at radius 1 is 1.11 bits per heavy atom. The van der Waals surface area contributed by atoms with E-state index in [0.29, 0.717) is 18.8 Å². The van der Waals surface area contributed by atoms with E-state index in [1.807, 2.05) is 44.2 Å². The Balaban J connectivity index is 1.87. The molecule has 28 heavy (non-hydrogen) atoms. The molecule has 1 N–H and O–H groups in total. The van der Waals surface area contributed by atoms with Crippen LogP contribution in [0, 0.1) is 6.92 Å². The summed E-state index contributed by atoms with van der Waals surface area (Å²) in [6, 6.07) is 15.4. The number of methoxy groups -OCH3 is 1. The van der Waals surface area contributed by atoms with Gasteiger partial charge in [0.1, 0.15) is 0 Å². The molecule has 0 saturated heterocycles. The molecule has 5 heteroatoms. The number of carbonyl (C=O) groups is 1. The number of aromatic hydroxyl groups is 1. The number of amides is 1. The van der Waals surface area contributed by atoms with E-state index >= 15 is 0 Å². The Bertz CT molecular complexity index is 971. The van der Waals surface area contributed by atoms with Crippen LogP contribution in [0.25, 0.3) is 11.1 Å². The Hall–Kier alpha value is -3.34. The van der Waals surface area contributed by atoms with E-state index in [1.54, 1.807) is 29.4 Å². The number of ether oxygens (including phenoxy) is 1. The van der Waals surface area contributed by atoms with E-state index in [1.165, 1.54) is 7.11 Å². The minimum atomic E-state index is -0.226. The van der Waals surface area contributed by atoms with Crippen LogP contribution >= 0.6 is 0 Å². The van der Waals surface area contributed by atoms with E-state index in [9.17, 15) is 9.90 Å². The van der Waals surface area contributed by atoms with Gasteiger partial charge in [-0.1, -0.05) is 18.2 Å². The molecule has 1 aromatic heterocycles. The highest BCUT2D eigenvalue weighted by Crippen LogP contribution is 2.32. The number of rotatable bonds is 6. The van der Waals surface area contributed by atoms with Crippen molar-refractivity contribution in [1.29, 1.82) is 0 Å². The summed E-state index contributed by atoms with van der Waals surface area (Å²) < 4.78 is 5.19. The van der Waals surface area contributed by atoms with Crippen LogP contribution in [0.3, 0.4) is 0 Å². The highest BCUT2D eigenvalue weighted by Gasteiger charge is 2.21. The molecule has 1 amide bonds. The molecule has 3 aromatic rings. The van der Waals surface area contributed by atoms with Crippen molar-refractivity contribution in [2.75, 3.05) is 13.7 Å².